The van der Waals surface area contributed by atoms with Gasteiger partial charge in [-0.15, -0.1) is 11.3 Å². The van der Waals surface area contributed by atoms with Gasteiger partial charge in [0.2, 0.25) is 0 Å². The van der Waals surface area contributed by atoms with E-state index in [0.717, 1.165) is 55.3 Å². The Balaban J connectivity index is 1.08. The fraction of sp³-hybridized carbons (Fsp3) is 0. The maximum Gasteiger partial charge on any atom is 0.164 e. The highest BCUT2D eigenvalue weighted by Gasteiger charge is 2.19. The van der Waals surface area contributed by atoms with E-state index in [1.54, 1.807) is 11.3 Å². The van der Waals surface area contributed by atoms with E-state index in [-0.39, 0.29) is 0 Å². The van der Waals surface area contributed by atoms with Gasteiger partial charge in [0.25, 0.3) is 0 Å². The van der Waals surface area contributed by atoms with Crippen molar-refractivity contribution in [2.24, 2.45) is 0 Å². The molecule has 8 aromatic carbocycles. The summed E-state index contributed by atoms with van der Waals surface area (Å²) in [5.74, 6) is 1.95. The third kappa shape index (κ3) is 5.56. The molecule has 11 rings (SSSR count). The lowest BCUT2D eigenvalue weighted by molar-refractivity contribution is 0.669. The van der Waals surface area contributed by atoms with Crippen molar-refractivity contribution in [3.05, 3.63) is 188 Å². The van der Waals surface area contributed by atoms with Gasteiger partial charge in [0.1, 0.15) is 11.2 Å². The molecule has 0 radical (unpaired) electrons. The zero-order valence-corrected chi connectivity index (χ0v) is 30.9. The summed E-state index contributed by atoms with van der Waals surface area (Å²) < 4.78 is 9.00. The first kappa shape index (κ1) is 32.2. The summed E-state index contributed by atoms with van der Waals surface area (Å²) in [6.07, 6.45) is 0. The molecule has 0 unspecified atom stereocenters. The lowest BCUT2D eigenvalue weighted by Gasteiger charge is -2.11. The van der Waals surface area contributed by atoms with Crippen molar-refractivity contribution in [3.8, 4) is 67.5 Å². The van der Waals surface area contributed by atoms with Crippen LogP contribution in [0.1, 0.15) is 0 Å². The molecule has 3 aromatic heterocycles. The molecule has 0 aliphatic heterocycles. The minimum Gasteiger partial charge on any atom is -0.456 e. The maximum absolute atomic E-state index is 6.59. The van der Waals surface area contributed by atoms with E-state index in [1.165, 1.54) is 36.9 Å². The standard InChI is InChI=1S/C51H31N3OS/c1-4-14-32(15-5-1)35-20-12-21-36(28-35)43-29-38(30-45-47(43)42-22-10-11-25-44(42)55-45)39-23-13-24-41-40-27-26-37(31-46(40)56-48(39)41)51-53-49(33-16-6-2-7-17-33)52-50(54-51)34-18-8-3-9-19-34/h1-31H. The Bertz CT molecular complexity index is 3180. The fourth-order valence-electron chi connectivity index (χ4n) is 7.84. The fourth-order valence-corrected chi connectivity index (χ4v) is 9.11. The second-order valence-corrected chi connectivity index (χ2v) is 15.0. The van der Waals surface area contributed by atoms with E-state index >= 15 is 0 Å². The Morgan fingerprint density at radius 3 is 1.66 bits per heavy atom. The van der Waals surface area contributed by atoms with Gasteiger partial charge in [-0.3, -0.25) is 0 Å². The molecule has 0 fully saturated rings. The second-order valence-electron chi connectivity index (χ2n) is 14.0. The number of aromatic nitrogens is 3. The molecule has 0 saturated carbocycles. The van der Waals surface area contributed by atoms with Crippen LogP contribution in [0.5, 0.6) is 0 Å². The number of para-hydroxylation sites is 1. The predicted molar refractivity (Wildman–Crippen MR) is 233 cm³/mol. The summed E-state index contributed by atoms with van der Waals surface area (Å²) in [6.45, 7) is 0. The number of furan rings is 1. The molecular weight excluding hydrogens is 703 g/mol. The minimum atomic E-state index is 0.648. The van der Waals surface area contributed by atoms with Crippen molar-refractivity contribution in [1.29, 1.82) is 0 Å². The van der Waals surface area contributed by atoms with E-state index in [9.17, 15) is 0 Å². The van der Waals surface area contributed by atoms with Crippen LogP contribution >= 0.6 is 11.3 Å². The highest BCUT2D eigenvalue weighted by molar-refractivity contribution is 7.26. The quantitative estimate of drug-likeness (QED) is 0.171. The van der Waals surface area contributed by atoms with E-state index < -0.39 is 0 Å². The van der Waals surface area contributed by atoms with Crippen LogP contribution in [0.2, 0.25) is 0 Å². The van der Waals surface area contributed by atoms with Crippen molar-refractivity contribution < 1.29 is 4.42 Å². The molecule has 0 bridgehead atoms. The Hall–Kier alpha value is -7.21. The number of rotatable bonds is 6. The average molecular weight is 734 g/mol. The van der Waals surface area contributed by atoms with Crippen molar-refractivity contribution in [2.45, 2.75) is 0 Å². The predicted octanol–water partition coefficient (Wildman–Crippen LogP) is 14.1. The smallest absolute Gasteiger partial charge is 0.164 e. The maximum atomic E-state index is 6.59. The molecule has 0 atom stereocenters. The molecular formula is C51H31N3OS. The highest BCUT2D eigenvalue weighted by atomic mass is 32.1. The average Bonchev–Trinajstić information content (AvgIpc) is 3.85. The summed E-state index contributed by atoms with van der Waals surface area (Å²) in [5.41, 5.74) is 11.6. The van der Waals surface area contributed by atoms with E-state index in [4.69, 9.17) is 19.4 Å². The van der Waals surface area contributed by atoms with Gasteiger partial charge in [0, 0.05) is 47.6 Å². The summed E-state index contributed by atoms with van der Waals surface area (Å²) in [6, 6.07) is 65.7. The molecule has 0 spiro atoms. The van der Waals surface area contributed by atoms with Gasteiger partial charge in [-0.25, -0.2) is 15.0 Å². The number of hydrogen-bond acceptors (Lipinski definition) is 5. The molecule has 0 saturated heterocycles. The van der Waals surface area contributed by atoms with Gasteiger partial charge in [-0.05, 0) is 63.7 Å². The normalized spacial score (nSPS) is 11.6. The van der Waals surface area contributed by atoms with Gasteiger partial charge >= 0.3 is 0 Å². The van der Waals surface area contributed by atoms with Gasteiger partial charge in [0.05, 0.1) is 0 Å². The zero-order valence-electron chi connectivity index (χ0n) is 30.1. The van der Waals surface area contributed by atoms with Crippen molar-refractivity contribution >= 4 is 53.4 Å². The topological polar surface area (TPSA) is 51.8 Å². The van der Waals surface area contributed by atoms with Crippen LogP contribution in [0.3, 0.4) is 0 Å². The Kier molecular flexibility index (Phi) is 7.64. The summed E-state index contributed by atoms with van der Waals surface area (Å²) >= 11 is 1.80. The number of nitrogens with zero attached hydrogens (tertiary/aromatic N) is 3. The molecule has 262 valence electrons. The molecule has 0 N–H and O–H groups in total. The lowest BCUT2D eigenvalue weighted by atomic mass is 9.92. The van der Waals surface area contributed by atoms with Crippen LogP contribution in [-0.2, 0) is 0 Å². The molecule has 3 heterocycles. The number of benzene rings is 8. The largest absolute Gasteiger partial charge is 0.456 e. The van der Waals surface area contributed by atoms with Crippen LogP contribution < -0.4 is 0 Å². The number of hydrogen-bond donors (Lipinski definition) is 0. The van der Waals surface area contributed by atoms with Crippen LogP contribution in [0.4, 0.5) is 0 Å². The SMILES string of the molecule is c1ccc(-c2cccc(-c3cc(-c4cccc5c4sc4cc(-c6nc(-c7ccccc7)nc(-c7ccccc7)n6)ccc45)cc4oc5ccccc5c34)c2)cc1. The first-order valence-corrected chi connectivity index (χ1v) is 19.5. The molecule has 0 amide bonds. The van der Waals surface area contributed by atoms with Crippen LogP contribution in [-0.4, -0.2) is 15.0 Å². The molecule has 0 aliphatic carbocycles. The Labute approximate surface area is 327 Å². The first-order valence-electron chi connectivity index (χ1n) is 18.7. The molecule has 0 aliphatic rings. The van der Waals surface area contributed by atoms with E-state index in [2.05, 4.69) is 121 Å². The van der Waals surface area contributed by atoms with Gasteiger partial charge in [-0.1, -0.05) is 158 Å². The second kappa shape index (κ2) is 13.3. The minimum absolute atomic E-state index is 0.648. The molecule has 11 aromatic rings. The van der Waals surface area contributed by atoms with Crippen molar-refractivity contribution in [1.82, 2.24) is 15.0 Å². The molecule has 4 nitrogen and oxygen atoms in total. The summed E-state index contributed by atoms with van der Waals surface area (Å²) in [7, 11) is 0. The highest BCUT2D eigenvalue weighted by Crippen LogP contribution is 2.45. The summed E-state index contributed by atoms with van der Waals surface area (Å²) in [5, 5.41) is 4.67. The first-order chi connectivity index (χ1) is 27.7. The number of fused-ring (bicyclic) bond motifs is 6. The van der Waals surface area contributed by atoms with Crippen LogP contribution in [0.25, 0.3) is 110 Å². The van der Waals surface area contributed by atoms with Gasteiger partial charge in [0.15, 0.2) is 17.5 Å². The van der Waals surface area contributed by atoms with E-state index in [0.29, 0.717) is 17.5 Å². The monoisotopic (exact) mass is 733 g/mol. The number of thiophene rings is 1. The third-order valence-electron chi connectivity index (χ3n) is 10.5. The Morgan fingerprint density at radius 1 is 0.339 bits per heavy atom. The lowest BCUT2D eigenvalue weighted by Crippen LogP contribution is -1.99. The third-order valence-corrected chi connectivity index (χ3v) is 11.7. The van der Waals surface area contributed by atoms with Gasteiger partial charge in [-0.2, -0.15) is 0 Å². The summed E-state index contributed by atoms with van der Waals surface area (Å²) in [4.78, 5) is 14.9. The van der Waals surface area contributed by atoms with Crippen LogP contribution in [0.15, 0.2) is 192 Å². The molecule has 56 heavy (non-hydrogen) atoms. The van der Waals surface area contributed by atoms with Crippen LogP contribution in [0, 0.1) is 0 Å². The molecule has 5 heteroatoms. The zero-order chi connectivity index (χ0) is 37.0. The van der Waals surface area contributed by atoms with Crippen molar-refractivity contribution in [2.75, 3.05) is 0 Å². The van der Waals surface area contributed by atoms with Gasteiger partial charge < -0.3 is 4.42 Å². The Morgan fingerprint density at radius 2 is 0.929 bits per heavy atom. The van der Waals surface area contributed by atoms with Crippen molar-refractivity contribution in [3.63, 3.8) is 0 Å². The van der Waals surface area contributed by atoms with E-state index in [1.807, 2.05) is 66.7 Å².